The molecule has 0 saturated heterocycles. The lowest BCUT2D eigenvalue weighted by Crippen LogP contribution is -2.25. The molecule has 1 rings (SSSR count). The van der Waals surface area contributed by atoms with Crippen LogP contribution in [0.4, 0.5) is 5.69 Å². The summed E-state index contributed by atoms with van der Waals surface area (Å²) in [6, 6.07) is 8.37. The van der Waals surface area contributed by atoms with Crippen LogP contribution in [0, 0.1) is 0 Å². The lowest BCUT2D eigenvalue weighted by molar-refractivity contribution is -0.136. The summed E-state index contributed by atoms with van der Waals surface area (Å²) < 4.78 is 0. The van der Waals surface area contributed by atoms with E-state index in [2.05, 4.69) is 43.0 Å². The second-order valence-corrected chi connectivity index (χ2v) is 4.47. The highest BCUT2D eigenvalue weighted by Gasteiger charge is 2.07. The van der Waals surface area contributed by atoms with Crippen molar-refractivity contribution in [2.45, 2.75) is 33.1 Å². The Kier molecular flexibility index (Phi) is 5.01. The SMILES string of the molecule is CCN(CCC(=O)O)c1ccc(C(C)C)cc1. The molecule has 0 saturated carbocycles. The molecular weight excluding hydrogens is 214 g/mol. The number of aliphatic carboxylic acids is 1. The number of hydrogen-bond donors (Lipinski definition) is 1. The Morgan fingerprint density at radius 3 is 2.29 bits per heavy atom. The maximum absolute atomic E-state index is 10.6. The van der Waals surface area contributed by atoms with Gasteiger partial charge in [-0.2, -0.15) is 0 Å². The number of carbonyl (C=O) groups is 1. The molecule has 1 N–H and O–H groups in total. The normalized spacial score (nSPS) is 10.6. The third-order valence-electron chi connectivity index (χ3n) is 2.90. The molecule has 0 aliphatic rings. The van der Waals surface area contributed by atoms with Crippen molar-refractivity contribution < 1.29 is 9.90 Å². The van der Waals surface area contributed by atoms with Crippen molar-refractivity contribution in [3.8, 4) is 0 Å². The quantitative estimate of drug-likeness (QED) is 0.823. The van der Waals surface area contributed by atoms with Gasteiger partial charge in [0.1, 0.15) is 0 Å². The Morgan fingerprint density at radius 2 is 1.88 bits per heavy atom. The molecule has 0 fully saturated rings. The van der Waals surface area contributed by atoms with E-state index in [0.29, 0.717) is 12.5 Å². The zero-order valence-electron chi connectivity index (χ0n) is 10.8. The monoisotopic (exact) mass is 235 g/mol. The van der Waals surface area contributed by atoms with Crippen molar-refractivity contribution in [1.29, 1.82) is 0 Å². The molecular formula is C14H21NO2. The Hall–Kier alpha value is -1.51. The van der Waals surface area contributed by atoms with E-state index >= 15 is 0 Å². The minimum Gasteiger partial charge on any atom is -0.481 e. The van der Waals surface area contributed by atoms with Crippen LogP contribution in [0.15, 0.2) is 24.3 Å². The van der Waals surface area contributed by atoms with Gasteiger partial charge >= 0.3 is 5.97 Å². The molecule has 0 radical (unpaired) electrons. The van der Waals surface area contributed by atoms with Crippen LogP contribution in [0.2, 0.25) is 0 Å². The molecule has 0 atom stereocenters. The minimum atomic E-state index is -0.748. The van der Waals surface area contributed by atoms with Gasteiger partial charge in [-0.15, -0.1) is 0 Å². The zero-order chi connectivity index (χ0) is 12.8. The predicted molar refractivity (Wildman–Crippen MR) is 70.7 cm³/mol. The summed E-state index contributed by atoms with van der Waals surface area (Å²) in [7, 11) is 0. The highest BCUT2D eigenvalue weighted by Crippen LogP contribution is 2.20. The highest BCUT2D eigenvalue weighted by molar-refractivity contribution is 5.67. The Morgan fingerprint density at radius 1 is 1.29 bits per heavy atom. The van der Waals surface area contributed by atoms with Gasteiger partial charge in [0.15, 0.2) is 0 Å². The van der Waals surface area contributed by atoms with Gasteiger partial charge in [0.25, 0.3) is 0 Å². The first kappa shape index (κ1) is 13.6. The smallest absolute Gasteiger partial charge is 0.305 e. The first-order valence-corrected chi connectivity index (χ1v) is 6.11. The largest absolute Gasteiger partial charge is 0.481 e. The van der Waals surface area contributed by atoms with Crippen molar-refractivity contribution in [1.82, 2.24) is 0 Å². The third-order valence-corrected chi connectivity index (χ3v) is 2.90. The Labute approximate surface area is 103 Å². The first-order chi connectivity index (χ1) is 8.04. The third kappa shape index (κ3) is 4.10. The van der Waals surface area contributed by atoms with Gasteiger partial charge in [-0.1, -0.05) is 26.0 Å². The Balaban J connectivity index is 2.71. The van der Waals surface area contributed by atoms with E-state index in [1.54, 1.807) is 0 Å². The summed E-state index contributed by atoms with van der Waals surface area (Å²) in [6.45, 7) is 7.76. The lowest BCUT2D eigenvalue weighted by atomic mass is 10.0. The number of hydrogen-bond acceptors (Lipinski definition) is 2. The molecule has 0 aliphatic heterocycles. The molecule has 0 spiro atoms. The van der Waals surface area contributed by atoms with Crippen LogP contribution in [0.1, 0.15) is 38.7 Å². The fraction of sp³-hybridized carbons (Fsp3) is 0.500. The number of nitrogens with zero attached hydrogens (tertiary/aromatic N) is 1. The molecule has 0 aliphatic carbocycles. The molecule has 94 valence electrons. The van der Waals surface area contributed by atoms with Crippen molar-refractivity contribution in [2.24, 2.45) is 0 Å². The first-order valence-electron chi connectivity index (χ1n) is 6.11. The molecule has 17 heavy (non-hydrogen) atoms. The van der Waals surface area contributed by atoms with E-state index in [0.717, 1.165) is 12.2 Å². The lowest BCUT2D eigenvalue weighted by Gasteiger charge is -2.22. The van der Waals surface area contributed by atoms with Gasteiger partial charge < -0.3 is 10.0 Å². The summed E-state index contributed by atoms with van der Waals surface area (Å²) in [5.74, 6) is -0.222. The van der Waals surface area contributed by atoms with Crippen LogP contribution in [0.5, 0.6) is 0 Å². The van der Waals surface area contributed by atoms with Gasteiger partial charge in [-0.05, 0) is 30.5 Å². The topological polar surface area (TPSA) is 40.5 Å². The average Bonchev–Trinajstić information content (AvgIpc) is 2.30. The molecule has 1 aromatic rings. The fourth-order valence-electron chi connectivity index (χ4n) is 1.77. The maximum Gasteiger partial charge on any atom is 0.305 e. The van der Waals surface area contributed by atoms with Crippen molar-refractivity contribution in [3.05, 3.63) is 29.8 Å². The van der Waals surface area contributed by atoms with Crippen LogP contribution in [0.25, 0.3) is 0 Å². The summed E-state index contributed by atoms with van der Waals surface area (Å²) in [5.41, 5.74) is 2.40. The molecule has 3 nitrogen and oxygen atoms in total. The van der Waals surface area contributed by atoms with Gasteiger partial charge in [-0.25, -0.2) is 0 Å². The summed E-state index contributed by atoms with van der Waals surface area (Å²) >= 11 is 0. The Bertz CT molecular complexity index is 357. The van der Waals surface area contributed by atoms with Crippen molar-refractivity contribution in [3.63, 3.8) is 0 Å². The van der Waals surface area contributed by atoms with Gasteiger partial charge in [-0.3, -0.25) is 4.79 Å². The number of anilines is 1. The van der Waals surface area contributed by atoms with Gasteiger partial charge in [0.05, 0.1) is 6.42 Å². The predicted octanol–water partition coefficient (Wildman–Crippen LogP) is 3.11. The molecule has 0 heterocycles. The second-order valence-electron chi connectivity index (χ2n) is 4.47. The standard InChI is InChI=1S/C14H21NO2/c1-4-15(10-9-14(16)17)13-7-5-12(6-8-13)11(2)3/h5-8,11H,4,9-10H2,1-3H3,(H,16,17). The van der Waals surface area contributed by atoms with E-state index in [4.69, 9.17) is 5.11 Å². The van der Waals surface area contributed by atoms with E-state index < -0.39 is 5.97 Å². The second kappa shape index (κ2) is 6.28. The number of carboxylic acids is 1. The molecule has 3 heteroatoms. The van der Waals surface area contributed by atoms with E-state index in [1.807, 2.05) is 6.92 Å². The van der Waals surface area contributed by atoms with Crippen LogP contribution >= 0.6 is 0 Å². The molecule has 0 aromatic heterocycles. The molecule has 0 amide bonds. The van der Waals surface area contributed by atoms with E-state index in [1.165, 1.54) is 5.56 Å². The summed E-state index contributed by atoms with van der Waals surface area (Å²) in [6.07, 6.45) is 0.180. The van der Waals surface area contributed by atoms with Crippen molar-refractivity contribution >= 4 is 11.7 Å². The minimum absolute atomic E-state index is 0.180. The van der Waals surface area contributed by atoms with Crippen LogP contribution < -0.4 is 4.90 Å². The van der Waals surface area contributed by atoms with Gasteiger partial charge in [0, 0.05) is 18.8 Å². The average molecular weight is 235 g/mol. The highest BCUT2D eigenvalue weighted by atomic mass is 16.4. The molecule has 0 bridgehead atoms. The molecule has 0 unspecified atom stereocenters. The number of benzene rings is 1. The summed E-state index contributed by atoms with van der Waals surface area (Å²) in [4.78, 5) is 12.6. The van der Waals surface area contributed by atoms with Crippen LogP contribution in [-0.2, 0) is 4.79 Å². The van der Waals surface area contributed by atoms with Crippen molar-refractivity contribution in [2.75, 3.05) is 18.0 Å². The van der Waals surface area contributed by atoms with E-state index in [-0.39, 0.29) is 6.42 Å². The number of carboxylic acid groups (broad SMARTS) is 1. The number of rotatable bonds is 6. The van der Waals surface area contributed by atoms with Gasteiger partial charge in [0.2, 0.25) is 0 Å². The maximum atomic E-state index is 10.6. The fourth-order valence-corrected chi connectivity index (χ4v) is 1.77. The van der Waals surface area contributed by atoms with E-state index in [9.17, 15) is 4.79 Å². The van der Waals surface area contributed by atoms with Crippen LogP contribution in [0.3, 0.4) is 0 Å². The van der Waals surface area contributed by atoms with Crippen LogP contribution in [-0.4, -0.2) is 24.2 Å². The zero-order valence-corrected chi connectivity index (χ0v) is 10.8. The molecule has 1 aromatic carbocycles. The summed E-state index contributed by atoms with van der Waals surface area (Å²) in [5, 5.41) is 8.70.